The predicted molar refractivity (Wildman–Crippen MR) is 68.9 cm³/mol. The number of nitrogens with one attached hydrogen (secondary N) is 1. The lowest BCUT2D eigenvalue weighted by Gasteiger charge is -2.08. The summed E-state index contributed by atoms with van der Waals surface area (Å²) >= 11 is 0. The van der Waals surface area contributed by atoms with Crippen LogP contribution in [0.3, 0.4) is 0 Å². The second-order valence-electron chi connectivity index (χ2n) is 4.64. The van der Waals surface area contributed by atoms with Gasteiger partial charge in [0.05, 0.1) is 18.9 Å². The average Bonchev–Trinajstić information content (AvgIpc) is 3.19. The Morgan fingerprint density at radius 3 is 2.74 bits per heavy atom. The third-order valence-corrected chi connectivity index (χ3v) is 3.33. The normalized spacial score (nSPS) is 20.7. The van der Waals surface area contributed by atoms with E-state index in [1.807, 2.05) is 24.3 Å². The summed E-state index contributed by atoms with van der Waals surface area (Å²) in [6.07, 6.45) is 1.12. The zero-order valence-electron chi connectivity index (χ0n) is 10.8. The first-order chi connectivity index (χ1) is 9.13. The van der Waals surface area contributed by atoms with Gasteiger partial charge in [0.25, 0.3) is 0 Å². The molecule has 1 saturated carbocycles. The summed E-state index contributed by atoms with van der Waals surface area (Å²) in [6.45, 7) is 0.488. The second-order valence-corrected chi connectivity index (χ2v) is 4.64. The Bertz CT molecular complexity index is 486. The molecule has 102 valence electrons. The Kier molecular flexibility index (Phi) is 4.04. The number of rotatable bonds is 6. The summed E-state index contributed by atoms with van der Waals surface area (Å²) in [5, 5.41) is 11.5. The fraction of sp³-hybridized carbons (Fsp3) is 0.429. The Balaban J connectivity index is 1.78. The fourth-order valence-corrected chi connectivity index (χ4v) is 2.12. The molecule has 1 aliphatic rings. The van der Waals surface area contributed by atoms with E-state index < -0.39 is 11.9 Å². The lowest BCUT2D eigenvalue weighted by atomic mass is 10.1. The standard InChI is InChI=1S/C14H17NO4/c1-19-12-5-3-2-4-9(12)6-7-15-13(16)10-8-11(10)14(17)18/h2-5,10-11H,6-8H2,1H3,(H,15,16)(H,17,18)/t10-,11+/m0/s1. The number of benzene rings is 1. The summed E-state index contributed by atoms with van der Waals surface area (Å²) < 4.78 is 5.22. The van der Waals surface area contributed by atoms with Gasteiger partial charge in [-0.25, -0.2) is 0 Å². The van der Waals surface area contributed by atoms with Gasteiger partial charge >= 0.3 is 5.97 Å². The zero-order chi connectivity index (χ0) is 13.8. The molecule has 0 saturated heterocycles. The fourth-order valence-electron chi connectivity index (χ4n) is 2.12. The maximum atomic E-state index is 11.7. The molecule has 2 N–H and O–H groups in total. The van der Waals surface area contributed by atoms with Crippen LogP contribution in [-0.2, 0) is 16.0 Å². The van der Waals surface area contributed by atoms with Crippen molar-refractivity contribution in [2.24, 2.45) is 11.8 Å². The van der Waals surface area contributed by atoms with E-state index in [0.717, 1.165) is 11.3 Å². The number of hydrogen-bond donors (Lipinski definition) is 2. The van der Waals surface area contributed by atoms with Crippen LogP contribution in [0, 0.1) is 11.8 Å². The lowest BCUT2D eigenvalue weighted by Crippen LogP contribution is -2.28. The average molecular weight is 263 g/mol. The van der Waals surface area contributed by atoms with E-state index in [1.165, 1.54) is 0 Å². The molecule has 0 aromatic heterocycles. The minimum atomic E-state index is -0.884. The topological polar surface area (TPSA) is 75.6 Å². The monoisotopic (exact) mass is 263 g/mol. The number of carbonyl (C=O) groups excluding carboxylic acids is 1. The number of carboxylic acids is 1. The van der Waals surface area contributed by atoms with E-state index in [2.05, 4.69) is 5.32 Å². The van der Waals surface area contributed by atoms with Crippen molar-refractivity contribution in [2.45, 2.75) is 12.8 Å². The van der Waals surface area contributed by atoms with Crippen LogP contribution < -0.4 is 10.1 Å². The second kappa shape index (κ2) is 5.73. The first-order valence-corrected chi connectivity index (χ1v) is 6.26. The summed E-state index contributed by atoms with van der Waals surface area (Å²) in [5.74, 6) is -1.10. The SMILES string of the molecule is COc1ccccc1CCNC(=O)[C@H]1C[C@H]1C(=O)O. The van der Waals surface area contributed by atoms with Crippen LogP contribution >= 0.6 is 0 Å². The van der Waals surface area contributed by atoms with Crippen molar-refractivity contribution < 1.29 is 19.4 Å². The number of carboxylic acid groups (broad SMARTS) is 1. The Labute approximate surface area is 111 Å². The van der Waals surface area contributed by atoms with E-state index in [4.69, 9.17) is 9.84 Å². The Morgan fingerprint density at radius 2 is 2.11 bits per heavy atom. The molecule has 1 aliphatic carbocycles. The van der Waals surface area contributed by atoms with Crippen molar-refractivity contribution in [3.63, 3.8) is 0 Å². The van der Waals surface area contributed by atoms with Gasteiger partial charge < -0.3 is 15.2 Å². The molecule has 5 heteroatoms. The first-order valence-electron chi connectivity index (χ1n) is 6.26. The van der Waals surface area contributed by atoms with E-state index in [0.29, 0.717) is 19.4 Å². The summed E-state index contributed by atoms with van der Waals surface area (Å²) in [6, 6.07) is 7.63. The Hall–Kier alpha value is -2.04. The van der Waals surface area contributed by atoms with Crippen molar-refractivity contribution >= 4 is 11.9 Å². The number of methoxy groups -OCH3 is 1. The molecular formula is C14H17NO4. The van der Waals surface area contributed by atoms with Gasteiger partial charge in [0.15, 0.2) is 0 Å². The van der Waals surface area contributed by atoms with Gasteiger partial charge in [0.1, 0.15) is 5.75 Å². The number of hydrogen-bond acceptors (Lipinski definition) is 3. The van der Waals surface area contributed by atoms with Crippen LogP contribution in [0.15, 0.2) is 24.3 Å². The van der Waals surface area contributed by atoms with Crippen molar-refractivity contribution in [2.75, 3.05) is 13.7 Å². The van der Waals surface area contributed by atoms with Crippen molar-refractivity contribution in [1.82, 2.24) is 5.32 Å². The number of para-hydroxylation sites is 1. The molecule has 2 atom stereocenters. The number of aliphatic carboxylic acids is 1. The highest BCUT2D eigenvalue weighted by atomic mass is 16.5. The molecule has 19 heavy (non-hydrogen) atoms. The minimum absolute atomic E-state index is 0.165. The molecular weight excluding hydrogens is 246 g/mol. The predicted octanol–water partition coefficient (Wildman–Crippen LogP) is 1.07. The van der Waals surface area contributed by atoms with Crippen LogP contribution in [-0.4, -0.2) is 30.6 Å². The molecule has 1 aromatic carbocycles. The number of carbonyl (C=O) groups is 2. The highest BCUT2D eigenvalue weighted by Crippen LogP contribution is 2.38. The number of ether oxygens (including phenoxy) is 1. The van der Waals surface area contributed by atoms with E-state index in [9.17, 15) is 9.59 Å². The molecule has 0 unspecified atom stereocenters. The van der Waals surface area contributed by atoms with Gasteiger partial charge in [-0.2, -0.15) is 0 Å². The highest BCUT2D eigenvalue weighted by Gasteiger charge is 2.48. The smallest absolute Gasteiger partial charge is 0.307 e. The largest absolute Gasteiger partial charge is 0.496 e. The molecule has 5 nitrogen and oxygen atoms in total. The summed E-state index contributed by atoms with van der Waals surface area (Å²) in [5.41, 5.74) is 1.02. The van der Waals surface area contributed by atoms with E-state index in [1.54, 1.807) is 7.11 Å². The van der Waals surface area contributed by atoms with Crippen LogP contribution in [0.5, 0.6) is 5.75 Å². The quantitative estimate of drug-likeness (QED) is 0.805. The summed E-state index contributed by atoms with van der Waals surface area (Å²) in [4.78, 5) is 22.3. The van der Waals surface area contributed by atoms with Crippen molar-refractivity contribution in [3.05, 3.63) is 29.8 Å². The van der Waals surface area contributed by atoms with Gasteiger partial charge in [0, 0.05) is 6.54 Å². The van der Waals surface area contributed by atoms with E-state index in [-0.39, 0.29) is 11.8 Å². The molecule has 1 fully saturated rings. The third kappa shape index (κ3) is 3.24. The third-order valence-electron chi connectivity index (χ3n) is 3.33. The molecule has 1 aromatic rings. The van der Waals surface area contributed by atoms with Crippen LogP contribution in [0.4, 0.5) is 0 Å². The van der Waals surface area contributed by atoms with Crippen molar-refractivity contribution in [3.8, 4) is 5.75 Å². The van der Waals surface area contributed by atoms with E-state index >= 15 is 0 Å². The van der Waals surface area contributed by atoms with Crippen LogP contribution in [0.2, 0.25) is 0 Å². The van der Waals surface area contributed by atoms with Gasteiger partial charge in [0.2, 0.25) is 5.91 Å². The molecule has 0 spiro atoms. The lowest BCUT2D eigenvalue weighted by molar-refractivity contribution is -0.140. The Morgan fingerprint density at radius 1 is 1.37 bits per heavy atom. The molecule has 0 bridgehead atoms. The van der Waals surface area contributed by atoms with Crippen LogP contribution in [0.25, 0.3) is 0 Å². The maximum Gasteiger partial charge on any atom is 0.307 e. The van der Waals surface area contributed by atoms with Gasteiger partial charge in [-0.1, -0.05) is 18.2 Å². The molecule has 0 radical (unpaired) electrons. The van der Waals surface area contributed by atoms with Gasteiger partial charge in [-0.05, 0) is 24.5 Å². The molecule has 0 aliphatic heterocycles. The highest BCUT2D eigenvalue weighted by molar-refractivity contribution is 5.89. The minimum Gasteiger partial charge on any atom is -0.496 e. The summed E-state index contributed by atoms with van der Waals surface area (Å²) in [7, 11) is 1.61. The molecule has 1 amide bonds. The van der Waals surface area contributed by atoms with Crippen molar-refractivity contribution in [1.29, 1.82) is 0 Å². The maximum absolute atomic E-state index is 11.7. The number of amides is 1. The molecule has 2 rings (SSSR count). The van der Waals surface area contributed by atoms with Crippen LogP contribution in [0.1, 0.15) is 12.0 Å². The zero-order valence-corrected chi connectivity index (χ0v) is 10.8. The van der Waals surface area contributed by atoms with Gasteiger partial charge in [-0.15, -0.1) is 0 Å². The molecule has 0 heterocycles. The van der Waals surface area contributed by atoms with Gasteiger partial charge in [-0.3, -0.25) is 9.59 Å². The first kappa shape index (κ1) is 13.4.